The van der Waals surface area contributed by atoms with Gasteiger partial charge in [0.05, 0.1) is 11.0 Å². The third kappa shape index (κ3) is 5.43. The molecule has 0 aliphatic rings. The van der Waals surface area contributed by atoms with Gasteiger partial charge < -0.3 is 5.73 Å². The average molecular weight is 134 g/mol. The van der Waals surface area contributed by atoms with Gasteiger partial charge in [-0.15, -0.1) is 0 Å². The van der Waals surface area contributed by atoms with E-state index in [1.54, 1.807) is 0 Å². The Morgan fingerprint density at radius 1 is 1.38 bits per heavy atom. The predicted molar refractivity (Wildman–Crippen MR) is 34.7 cm³/mol. The van der Waals surface area contributed by atoms with Gasteiger partial charge in [0.1, 0.15) is 0 Å². The van der Waals surface area contributed by atoms with E-state index in [4.69, 9.17) is 28.2 Å². The van der Waals surface area contributed by atoms with Gasteiger partial charge in [-0.05, 0) is 0 Å². The highest BCUT2D eigenvalue weighted by molar-refractivity contribution is 6.64. The molecule has 4 heteroatoms. The summed E-state index contributed by atoms with van der Waals surface area (Å²) in [5.74, 6) is 0.0791. The fourth-order valence-electron chi connectivity index (χ4n) is 0.244. The summed E-state index contributed by atoms with van der Waals surface area (Å²) < 4.78 is 0. The van der Waals surface area contributed by atoms with Crippen LogP contribution in [0.4, 0.5) is 0 Å². The molecule has 0 fully saturated rings. The number of hydrogen-bond acceptors (Lipinski definition) is 2. The van der Waals surface area contributed by atoms with Crippen LogP contribution in [-0.4, -0.2) is 11.0 Å². The van der Waals surface area contributed by atoms with E-state index in [2.05, 4.69) is 0 Å². The molecule has 0 aliphatic carbocycles. The van der Waals surface area contributed by atoms with E-state index >= 15 is 0 Å². The molecule has 0 aromatic carbocycles. The van der Waals surface area contributed by atoms with Gasteiger partial charge in [-0.2, -0.15) is 0 Å². The van der Waals surface area contributed by atoms with Gasteiger partial charge in [0.2, 0.25) is 0 Å². The van der Waals surface area contributed by atoms with Crippen LogP contribution in [0, 0.1) is 10.8 Å². The fraction of sp³-hybridized carbons (Fsp3) is 0.500. The first kappa shape index (κ1) is 7.43. The molecule has 3 nitrogen and oxygen atoms in total. The summed E-state index contributed by atoms with van der Waals surface area (Å²) in [5.41, 5.74) is 4.97. The lowest BCUT2D eigenvalue weighted by Gasteiger charge is -1.91. The maximum atomic E-state index is 6.71. The van der Waals surface area contributed by atoms with Crippen molar-refractivity contribution in [2.75, 3.05) is 0 Å². The summed E-state index contributed by atoms with van der Waals surface area (Å²) in [5, 5.41) is 13.5. The van der Waals surface area contributed by atoms with Crippen LogP contribution in [0.2, 0.25) is 0 Å². The minimum atomic E-state index is 0.0557. The fourth-order valence-corrected chi connectivity index (χ4v) is 0.339. The molecule has 0 saturated carbocycles. The monoisotopic (exact) mass is 133 g/mol. The number of nitrogens with one attached hydrogen (secondary N) is 2. The Labute approximate surface area is 52.8 Å². The van der Waals surface area contributed by atoms with Crippen molar-refractivity contribution < 1.29 is 0 Å². The zero-order chi connectivity index (χ0) is 6.57. The zero-order valence-corrected chi connectivity index (χ0v) is 5.13. The normalized spacial score (nSPS) is 8.62. The molecule has 0 atom stereocenters. The molecule has 0 aliphatic heterocycles. The first-order valence-electron chi connectivity index (χ1n) is 2.18. The number of hydrogen-bond donors (Lipinski definition) is 3. The van der Waals surface area contributed by atoms with Crippen LogP contribution >= 0.6 is 11.6 Å². The molecule has 0 unspecified atom stereocenters. The number of halogens is 1. The minimum absolute atomic E-state index is 0.0557. The molecule has 0 saturated heterocycles. The third-order valence-corrected chi connectivity index (χ3v) is 0.803. The van der Waals surface area contributed by atoms with E-state index in [0.29, 0.717) is 12.8 Å². The molecule has 46 valence electrons. The highest BCUT2D eigenvalue weighted by atomic mass is 35.5. The Hall–Kier alpha value is -0.570. The second-order valence-electron chi connectivity index (χ2n) is 1.43. The van der Waals surface area contributed by atoms with E-state index in [9.17, 15) is 0 Å². The molecule has 0 amide bonds. The molecular formula is C4H8ClN3. The Morgan fingerprint density at radius 3 is 2.00 bits per heavy atom. The summed E-state index contributed by atoms with van der Waals surface area (Å²) in [4.78, 5) is 0. The molecule has 4 N–H and O–H groups in total. The van der Waals surface area contributed by atoms with Gasteiger partial charge >= 0.3 is 0 Å². The predicted octanol–water partition coefficient (Wildman–Crippen LogP) is 0.919. The van der Waals surface area contributed by atoms with Crippen LogP contribution in [0.25, 0.3) is 0 Å². The van der Waals surface area contributed by atoms with E-state index < -0.39 is 0 Å². The van der Waals surface area contributed by atoms with Crippen molar-refractivity contribution >= 4 is 22.6 Å². The summed E-state index contributed by atoms with van der Waals surface area (Å²) in [6.07, 6.45) is 0.777. The molecule has 0 heterocycles. The largest absolute Gasteiger partial charge is 0.388 e. The Morgan fingerprint density at radius 2 is 1.88 bits per heavy atom. The van der Waals surface area contributed by atoms with Gasteiger partial charge in [-0.25, -0.2) is 0 Å². The van der Waals surface area contributed by atoms with E-state index in [0.717, 1.165) is 0 Å². The zero-order valence-electron chi connectivity index (χ0n) is 4.37. The van der Waals surface area contributed by atoms with Crippen molar-refractivity contribution in [3.8, 4) is 0 Å². The summed E-state index contributed by atoms with van der Waals surface area (Å²) in [6, 6.07) is 0. The van der Waals surface area contributed by atoms with Gasteiger partial charge in [0, 0.05) is 12.8 Å². The maximum Gasteiger partial charge on any atom is 0.0973 e. The van der Waals surface area contributed by atoms with Gasteiger partial charge in [0.25, 0.3) is 0 Å². The smallest absolute Gasteiger partial charge is 0.0973 e. The first-order valence-corrected chi connectivity index (χ1v) is 2.56. The highest BCUT2D eigenvalue weighted by Gasteiger charge is 1.91. The van der Waals surface area contributed by atoms with E-state index in [1.165, 1.54) is 0 Å². The van der Waals surface area contributed by atoms with Crippen LogP contribution in [0.3, 0.4) is 0 Å². The van der Waals surface area contributed by atoms with E-state index in [1.807, 2.05) is 0 Å². The van der Waals surface area contributed by atoms with Crippen molar-refractivity contribution in [2.45, 2.75) is 12.8 Å². The van der Waals surface area contributed by atoms with Crippen molar-refractivity contribution in [1.82, 2.24) is 0 Å². The van der Waals surface area contributed by atoms with Crippen LogP contribution in [-0.2, 0) is 0 Å². The van der Waals surface area contributed by atoms with Crippen molar-refractivity contribution in [3.05, 3.63) is 0 Å². The lowest BCUT2D eigenvalue weighted by atomic mass is 10.3. The second-order valence-corrected chi connectivity index (χ2v) is 1.89. The molecular weight excluding hydrogens is 126 g/mol. The quantitative estimate of drug-likeness (QED) is 0.389. The maximum absolute atomic E-state index is 6.71. The van der Waals surface area contributed by atoms with Crippen LogP contribution in [0.5, 0.6) is 0 Å². The molecule has 0 spiro atoms. The average Bonchev–Trinajstić information content (AvgIpc) is 1.61. The van der Waals surface area contributed by atoms with Gasteiger partial charge in [-0.3, -0.25) is 10.8 Å². The summed E-state index contributed by atoms with van der Waals surface area (Å²) in [6.45, 7) is 0. The molecule has 0 radical (unpaired) electrons. The first-order chi connectivity index (χ1) is 3.63. The van der Waals surface area contributed by atoms with Crippen molar-refractivity contribution in [1.29, 1.82) is 10.8 Å². The Kier molecular flexibility index (Phi) is 3.19. The number of amidine groups is 1. The number of nitrogens with two attached hydrogens (primary N) is 1. The summed E-state index contributed by atoms with van der Waals surface area (Å²) in [7, 11) is 0. The van der Waals surface area contributed by atoms with Crippen molar-refractivity contribution in [3.63, 3.8) is 0 Å². The summed E-state index contributed by atoms with van der Waals surface area (Å²) >= 11 is 5.15. The third-order valence-electron chi connectivity index (χ3n) is 0.614. The molecule has 0 aromatic rings. The van der Waals surface area contributed by atoms with Gasteiger partial charge in [0.15, 0.2) is 0 Å². The SMILES string of the molecule is N=C(N)CCC(=N)Cl. The van der Waals surface area contributed by atoms with Crippen LogP contribution in [0.15, 0.2) is 0 Å². The molecule has 0 aromatic heterocycles. The van der Waals surface area contributed by atoms with E-state index in [-0.39, 0.29) is 11.0 Å². The number of rotatable bonds is 3. The minimum Gasteiger partial charge on any atom is -0.388 e. The molecule has 0 bridgehead atoms. The van der Waals surface area contributed by atoms with Crippen molar-refractivity contribution in [2.24, 2.45) is 5.73 Å². The molecule has 0 rings (SSSR count). The Balaban J connectivity index is 3.18. The van der Waals surface area contributed by atoms with Crippen LogP contribution < -0.4 is 5.73 Å². The lowest BCUT2D eigenvalue weighted by Crippen LogP contribution is -2.09. The van der Waals surface area contributed by atoms with Gasteiger partial charge in [-0.1, -0.05) is 11.6 Å². The lowest BCUT2D eigenvalue weighted by molar-refractivity contribution is 1.11. The molecule has 8 heavy (non-hydrogen) atoms. The van der Waals surface area contributed by atoms with Crippen LogP contribution in [0.1, 0.15) is 12.8 Å². The topological polar surface area (TPSA) is 73.7 Å². The highest BCUT2D eigenvalue weighted by Crippen LogP contribution is 1.92. The standard InChI is InChI=1S/C4H8ClN3/c5-3(6)1-2-4(7)8/h6H,1-2H2,(H3,7,8). The Bertz CT molecular complexity index is 95.9. The second kappa shape index (κ2) is 3.43.